The van der Waals surface area contributed by atoms with Crippen molar-refractivity contribution >= 4 is 32.8 Å². The van der Waals surface area contributed by atoms with Gasteiger partial charge < -0.3 is 10.3 Å². The van der Waals surface area contributed by atoms with Gasteiger partial charge in [0, 0.05) is 5.69 Å². The fourth-order valence-corrected chi connectivity index (χ4v) is 5.80. The summed E-state index contributed by atoms with van der Waals surface area (Å²) in [5.41, 5.74) is 7.90. The summed E-state index contributed by atoms with van der Waals surface area (Å²) in [5, 5.41) is 2.87. The van der Waals surface area contributed by atoms with Crippen LogP contribution in [0, 0.1) is 6.92 Å². The minimum atomic E-state index is -3.84. The zero-order chi connectivity index (χ0) is 20.9. The Morgan fingerprint density at radius 2 is 1.77 bits per heavy atom. The molecule has 7 nitrogen and oxygen atoms in total. The molecule has 3 N–H and O–H groups in total. The van der Waals surface area contributed by atoms with Gasteiger partial charge in [0.25, 0.3) is 0 Å². The fraction of sp³-hybridized carbons (Fsp3) is 0.364. The summed E-state index contributed by atoms with van der Waals surface area (Å²) in [5.74, 6) is 0.491. The Bertz CT molecular complexity index is 1250. The van der Waals surface area contributed by atoms with Gasteiger partial charge in [-0.05, 0) is 85.4 Å². The number of nitrogens with zero attached hydrogens (tertiary/aromatic N) is 1. The van der Waals surface area contributed by atoms with E-state index in [-0.39, 0.29) is 5.75 Å². The van der Waals surface area contributed by atoms with Crippen LogP contribution in [0.3, 0.4) is 0 Å². The van der Waals surface area contributed by atoms with E-state index in [0.717, 1.165) is 61.1 Å². The lowest BCUT2D eigenvalue weighted by atomic mass is 9.99. The Labute approximate surface area is 175 Å². The first-order valence-corrected chi connectivity index (χ1v) is 12.0. The van der Waals surface area contributed by atoms with E-state index in [4.69, 9.17) is 0 Å². The summed E-state index contributed by atoms with van der Waals surface area (Å²) in [6.07, 6.45) is 6.04. The molecule has 3 aromatic rings. The number of amides is 2. The summed E-state index contributed by atoms with van der Waals surface area (Å²) in [4.78, 5) is 20.0. The molecule has 0 fully saturated rings. The third-order valence-corrected chi connectivity index (χ3v) is 7.19. The van der Waals surface area contributed by atoms with Gasteiger partial charge in [0.2, 0.25) is 10.0 Å². The Hall–Kier alpha value is -2.87. The second kappa shape index (κ2) is 7.12. The molecule has 0 radical (unpaired) electrons. The van der Waals surface area contributed by atoms with E-state index in [9.17, 15) is 13.2 Å². The lowest BCUT2D eigenvalue weighted by Gasteiger charge is -2.16. The van der Waals surface area contributed by atoms with Crippen LogP contribution >= 0.6 is 0 Å². The number of carbonyl (C=O) groups excluding carboxylic acids is 1. The van der Waals surface area contributed by atoms with E-state index in [1.54, 1.807) is 18.2 Å². The number of imidazole rings is 1. The Kier molecular flexibility index (Phi) is 4.54. The van der Waals surface area contributed by atoms with Crippen molar-refractivity contribution in [2.45, 2.75) is 51.2 Å². The van der Waals surface area contributed by atoms with Crippen molar-refractivity contribution in [3.05, 3.63) is 57.9 Å². The molecule has 0 atom stereocenters. The monoisotopic (exact) mass is 424 g/mol. The first-order chi connectivity index (χ1) is 14.4. The summed E-state index contributed by atoms with van der Waals surface area (Å²) >= 11 is 0. The van der Waals surface area contributed by atoms with Crippen LogP contribution in [0.4, 0.5) is 10.5 Å². The molecule has 0 spiro atoms. The number of sulfonamides is 1. The second-order valence-electron chi connectivity index (χ2n) is 8.22. The van der Waals surface area contributed by atoms with E-state index in [1.807, 2.05) is 6.92 Å². The second-order valence-corrected chi connectivity index (χ2v) is 9.95. The number of urea groups is 1. The number of benzene rings is 2. The van der Waals surface area contributed by atoms with Crippen molar-refractivity contribution in [2.24, 2.45) is 0 Å². The first kappa shape index (κ1) is 19.1. The van der Waals surface area contributed by atoms with Crippen LogP contribution < -0.4 is 10.0 Å². The highest BCUT2D eigenvalue weighted by Gasteiger charge is 2.26. The summed E-state index contributed by atoms with van der Waals surface area (Å²) in [6, 6.07) is 6.83. The molecule has 0 saturated heterocycles. The minimum Gasteiger partial charge on any atom is -0.342 e. The molecule has 0 aliphatic heterocycles. The van der Waals surface area contributed by atoms with E-state index < -0.39 is 16.1 Å². The number of hydrogen-bond acceptors (Lipinski definition) is 4. The lowest BCUT2D eigenvalue weighted by molar-refractivity contribution is 0.256. The third-order valence-electron chi connectivity index (χ3n) is 5.98. The number of rotatable bonds is 4. The van der Waals surface area contributed by atoms with Crippen molar-refractivity contribution < 1.29 is 13.2 Å². The number of nitrogens with one attached hydrogen (secondary N) is 3. The van der Waals surface area contributed by atoms with Gasteiger partial charge in [0.15, 0.2) is 0 Å². The molecule has 1 aromatic heterocycles. The summed E-state index contributed by atoms with van der Waals surface area (Å²) < 4.78 is 27.4. The predicted octanol–water partition coefficient (Wildman–Crippen LogP) is 3.50. The Morgan fingerprint density at radius 1 is 1.07 bits per heavy atom. The standard InChI is InChI=1S/C22H24N4O3S/c1-13-23-19-9-8-14(10-20(19)24-13)12-30(28,29)26-22(27)25-21-17-6-2-4-15(17)11-16-5-3-7-18(16)21/h8-11H,2-7,12H2,1H3,(H,23,24)(H2,25,26,27). The maximum atomic E-state index is 12.6. The number of fused-ring (bicyclic) bond motifs is 3. The molecular formula is C22H24N4O3S. The van der Waals surface area contributed by atoms with Crippen molar-refractivity contribution in [1.29, 1.82) is 0 Å². The van der Waals surface area contributed by atoms with E-state index in [2.05, 4.69) is 26.1 Å². The van der Waals surface area contributed by atoms with Crippen LogP contribution in [0.15, 0.2) is 24.3 Å². The average Bonchev–Trinajstić information content (AvgIpc) is 3.38. The zero-order valence-corrected chi connectivity index (χ0v) is 17.7. The highest BCUT2D eigenvalue weighted by molar-refractivity contribution is 7.89. The smallest absolute Gasteiger partial charge is 0.332 e. The van der Waals surface area contributed by atoms with E-state index >= 15 is 0 Å². The number of hydrogen-bond donors (Lipinski definition) is 3. The number of aromatic amines is 1. The Balaban J connectivity index is 1.34. The molecule has 2 amide bonds. The van der Waals surface area contributed by atoms with Gasteiger partial charge in [-0.2, -0.15) is 0 Å². The lowest BCUT2D eigenvalue weighted by Crippen LogP contribution is -2.35. The first-order valence-electron chi connectivity index (χ1n) is 10.3. The summed E-state index contributed by atoms with van der Waals surface area (Å²) in [7, 11) is -3.84. The van der Waals surface area contributed by atoms with E-state index in [0.29, 0.717) is 5.56 Å². The van der Waals surface area contributed by atoms with Crippen molar-refractivity contribution in [3.63, 3.8) is 0 Å². The maximum Gasteiger partial charge on any atom is 0.332 e. The number of anilines is 1. The van der Waals surface area contributed by atoms with E-state index in [1.165, 1.54) is 22.3 Å². The van der Waals surface area contributed by atoms with Crippen LogP contribution in [0.1, 0.15) is 46.5 Å². The van der Waals surface area contributed by atoms with Gasteiger partial charge in [-0.3, -0.25) is 0 Å². The Morgan fingerprint density at radius 3 is 2.47 bits per heavy atom. The SMILES string of the molecule is Cc1nc2ccc(CS(=O)(=O)NC(=O)Nc3c4c(cc5c3CCC5)CCC4)cc2[nH]1. The summed E-state index contributed by atoms with van der Waals surface area (Å²) in [6.45, 7) is 1.85. The third kappa shape index (κ3) is 3.56. The van der Waals surface area contributed by atoms with Crippen LogP contribution in [-0.4, -0.2) is 24.4 Å². The van der Waals surface area contributed by atoms with Gasteiger partial charge in [-0.15, -0.1) is 0 Å². The molecule has 30 heavy (non-hydrogen) atoms. The number of carbonyl (C=O) groups is 1. The quantitative estimate of drug-likeness (QED) is 0.596. The van der Waals surface area contributed by atoms with Crippen LogP contribution in [0.5, 0.6) is 0 Å². The van der Waals surface area contributed by atoms with Gasteiger partial charge in [0.1, 0.15) is 5.82 Å². The largest absolute Gasteiger partial charge is 0.342 e. The van der Waals surface area contributed by atoms with Crippen LogP contribution in [-0.2, 0) is 41.5 Å². The number of aryl methyl sites for hydroxylation is 3. The molecule has 156 valence electrons. The highest BCUT2D eigenvalue weighted by atomic mass is 32.2. The van der Waals surface area contributed by atoms with Gasteiger partial charge in [-0.1, -0.05) is 12.1 Å². The molecule has 0 saturated carbocycles. The molecule has 2 aromatic carbocycles. The van der Waals surface area contributed by atoms with Crippen molar-refractivity contribution in [1.82, 2.24) is 14.7 Å². The fourth-order valence-electron chi connectivity index (χ4n) is 4.78. The highest BCUT2D eigenvalue weighted by Crippen LogP contribution is 2.38. The topological polar surface area (TPSA) is 104 Å². The number of H-pyrrole nitrogens is 1. The molecular weight excluding hydrogens is 400 g/mol. The van der Waals surface area contributed by atoms with Crippen LogP contribution in [0.2, 0.25) is 0 Å². The van der Waals surface area contributed by atoms with Crippen LogP contribution in [0.25, 0.3) is 11.0 Å². The predicted molar refractivity (Wildman–Crippen MR) is 116 cm³/mol. The molecule has 2 aliphatic carbocycles. The van der Waals surface area contributed by atoms with Crippen molar-refractivity contribution in [3.8, 4) is 0 Å². The van der Waals surface area contributed by atoms with Gasteiger partial charge in [0.05, 0.1) is 16.8 Å². The van der Waals surface area contributed by atoms with Crippen molar-refractivity contribution in [2.75, 3.05) is 5.32 Å². The van der Waals surface area contributed by atoms with Gasteiger partial charge >= 0.3 is 6.03 Å². The maximum absolute atomic E-state index is 12.6. The molecule has 5 rings (SSSR count). The molecule has 2 aliphatic rings. The molecule has 8 heteroatoms. The minimum absolute atomic E-state index is 0.278. The number of aromatic nitrogens is 2. The molecule has 0 bridgehead atoms. The zero-order valence-electron chi connectivity index (χ0n) is 16.8. The average molecular weight is 425 g/mol. The molecule has 1 heterocycles. The normalized spacial score (nSPS) is 15.2. The van der Waals surface area contributed by atoms with Gasteiger partial charge in [-0.25, -0.2) is 22.9 Å². The molecule has 0 unspecified atom stereocenters.